The topological polar surface area (TPSA) is 29.1 Å². The van der Waals surface area contributed by atoms with Crippen molar-refractivity contribution < 1.29 is 4.79 Å². The highest BCUT2D eigenvalue weighted by Crippen LogP contribution is 2.15. The Bertz CT molecular complexity index is 382. The fourth-order valence-corrected chi connectivity index (χ4v) is 1.99. The van der Waals surface area contributed by atoms with E-state index >= 15 is 0 Å². The van der Waals surface area contributed by atoms with Crippen LogP contribution in [0.1, 0.15) is 25.3 Å². The maximum absolute atomic E-state index is 11.7. The second kappa shape index (κ2) is 8.39. The molecule has 0 aliphatic rings. The van der Waals surface area contributed by atoms with Crippen molar-refractivity contribution in [2.75, 3.05) is 12.4 Å². The summed E-state index contributed by atoms with van der Waals surface area (Å²) in [6.45, 7) is 2.81. The molecule has 0 saturated carbocycles. The van der Waals surface area contributed by atoms with Crippen LogP contribution in [0.2, 0.25) is 5.02 Å². The van der Waals surface area contributed by atoms with E-state index in [0.717, 1.165) is 18.4 Å². The molecule has 2 nitrogen and oxygen atoms in total. The van der Waals surface area contributed by atoms with Gasteiger partial charge in [-0.2, -0.15) is 0 Å². The van der Waals surface area contributed by atoms with Crippen LogP contribution in [0, 0.1) is 5.92 Å². The zero-order valence-corrected chi connectivity index (χ0v) is 12.1. The van der Waals surface area contributed by atoms with Gasteiger partial charge in [-0.3, -0.25) is 4.79 Å². The first-order chi connectivity index (χ1) is 8.63. The number of carbonyl (C=O) groups is 1. The van der Waals surface area contributed by atoms with Gasteiger partial charge in [-0.25, -0.2) is 0 Å². The van der Waals surface area contributed by atoms with Crippen LogP contribution in [0.4, 0.5) is 0 Å². The molecule has 0 aliphatic heterocycles. The molecule has 0 bridgehead atoms. The average molecular weight is 288 g/mol. The van der Waals surface area contributed by atoms with Crippen LogP contribution in [-0.4, -0.2) is 18.3 Å². The molecule has 0 aromatic heterocycles. The molecule has 1 N–H and O–H groups in total. The van der Waals surface area contributed by atoms with Gasteiger partial charge in [0.2, 0.25) is 5.91 Å². The molecule has 1 amide bonds. The third-order valence-corrected chi connectivity index (χ3v) is 3.66. The number of alkyl halides is 1. The zero-order valence-electron chi connectivity index (χ0n) is 10.6. The predicted octanol–water partition coefficient (Wildman–Crippen LogP) is 3.65. The van der Waals surface area contributed by atoms with Gasteiger partial charge in [-0.05, 0) is 30.4 Å². The second-order valence-electron chi connectivity index (χ2n) is 4.52. The SMILES string of the molecule is CC(CCl)CCCNC(=O)Cc1ccccc1Cl. The van der Waals surface area contributed by atoms with Crippen molar-refractivity contribution in [1.29, 1.82) is 0 Å². The van der Waals surface area contributed by atoms with Crippen LogP contribution in [-0.2, 0) is 11.2 Å². The Balaban J connectivity index is 2.24. The predicted molar refractivity (Wildman–Crippen MR) is 77.3 cm³/mol. The number of carbonyl (C=O) groups excluding carboxylic acids is 1. The fourth-order valence-electron chi connectivity index (χ4n) is 1.63. The number of hydrogen-bond acceptors (Lipinski definition) is 1. The summed E-state index contributed by atoms with van der Waals surface area (Å²) in [5.74, 6) is 1.20. The summed E-state index contributed by atoms with van der Waals surface area (Å²) in [7, 11) is 0. The van der Waals surface area contributed by atoms with Gasteiger partial charge in [0.05, 0.1) is 6.42 Å². The van der Waals surface area contributed by atoms with Crippen LogP contribution in [0.3, 0.4) is 0 Å². The lowest BCUT2D eigenvalue weighted by Crippen LogP contribution is -2.26. The molecule has 0 radical (unpaired) electrons. The molecule has 18 heavy (non-hydrogen) atoms. The summed E-state index contributed by atoms with van der Waals surface area (Å²) in [6.07, 6.45) is 2.34. The van der Waals surface area contributed by atoms with Crippen LogP contribution in [0.25, 0.3) is 0 Å². The van der Waals surface area contributed by atoms with Crippen molar-refractivity contribution >= 4 is 29.1 Å². The van der Waals surface area contributed by atoms with Gasteiger partial charge in [0.25, 0.3) is 0 Å². The molecular formula is C14H19Cl2NO. The Morgan fingerprint density at radius 3 is 2.78 bits per heavy atom. The monoisotopic (exact) mass is 287 g/mol. The first-order valence-electron chi connectivity index (χ1n) is 6.19. The van der Waals surface area contributed by atoms with E-state index in [4.69, 9.17) is 23.2 Å². The highest BCUT2D eigenvalue weighted by atomic mass is 35.5. The van der Waals surface area contributed by atoms with Gasteiger partial charge in [0.15, 0.2) is 0 Å². The first kappa shape index (κ1) is 15.3. The van der Waals surface area contributed by atoms with Crippen LogP contribution >= 0.6 is 23.2 Å². The lowest BCUT2D eigenvalue weighted by atomic mass is 10.1. The molecule has 1 rings (SSSR count). The minimum absolute atomic E-state index is 0.0154. The molecule has 0 fully saturated rings. The quantitative estimate of drug-likeness (QED) is 0.602. The molecule has 0 spiro atoms. The summed E-state index contributed by atoms with van der Waals surface area (Å²) in [5, 5.41) is 3.54. The molecule has 4 heteroatoms. The normalized spacial score (nSPS) is 12.2. The van der Waals surface area contributed by atoms with Gasteiger partial charge in [0.1, 0.15) is 0 Å². The third-order valence-electron chi connectivity index (χ3n) is 2.77. The Hall–Kier alpha value is -0.730. The third kappa shape index (κ3) is 5.74. The van der Waals surface area contributed by atoms with E-state index in [9.17, 15) is 4.79 Å². The van der Waals surface area contributed by atoms with Gasteiger partial charge < -0.3 is 5.32 Å². The average Bonchev–Trinajstić information content (AvgIpc) is 2.37. The first-order valence-corrected chi connectivity index (χ1v) is 7.10. The van der Waals surface area contributed by atoms with Gasteiger partial charge in [0, 0.05) is 17.4 Å². The Kier molecular flexibility index (Phi) is 7.14. The Morgan fingerprint density at radius 2 is 2.11 bits per heavy atom. The van der Waals surface area contributed by atoms with Crippen LogP contribution < -0.4 is 5.32 Å². The van der Waals surface area contributed by atoms with E-state index in [1.54, 1.807) is 6.07 Å². The number of benzene rings is 1. The number of rotatable bonds is 7. The smallest absolute Gasteiger partial charge is 0.224 e. The number of nitrogens with one attached hydrogen (secondary N) is 1. The molecule has 1 aromatic carbocycles. The molecule has 100 valence electrons. The van der Waals surface area contributed by atoms with E-state index in [1.165, 1.54) is 0 Å². The summed E-state index contributed by atoms with van der Waals surface area (Å²) in [6, 6.07) is 7.41. The largest absolute Gasteiger partial charge is 0.356 e. The molecule has 1 aromatic rings. The highest BCUT2D eigenvalue weighted by Gasteiger charge is 2.06. The van der Waals surface area contributed by atoms with E-state index in [2.05, 4.69) is 12.2 Å². The van der Waals surface area contributed by atoms with Crippen LogP contribution in [0.5, 0.6) is 0 Å². The summed E-state index contributed by atoms with van der Waals surface area (Å²) < 4.78 is 0. The van der Waals surface area contributed by atoms with Crippen LogP contribution in [0.15, 0.2) is 24.3 Å². The zero-order chi connectivity index (χ0) is 13.4. The fraction of sp³-hybridized carbons (Fsp3) is 0.500. The maximum Gasteiger partial charge on any atom is 0.224 e. The number of hydrogen-bond donors (Lipinski definition) is 1. The molecule has 1 unspecified atom stereocenters. The Morgan fingerprint density at radius 1 is 1.39 bits per heavy atom. The van der Waals surface area contributed by atoms with Crippen molar-refractivity contribution in [3.05, 3.63) is 34.9 Å². The van der Waals surface area contributed by atoms with Gasteiger partial charge in [-0.1, -0.05) is 36.7 Å². The number of halogens is 2. The van der Waals surface area contributed by atoms with E-state index in [-0.39, 0.29) is 5.91 Å². The highest BCUT2D eigenvalue weighted by molar-refractivity contribution is 6.31. The summed E-state index contributed by atoms with van der Waals surface area (Å²) in [5.41, 5.74) is 0.866. The molecule has 0 saturated heterocycles. The minimum Gasteiger partial charge on any atom is -0.356 e. The summed E-state index contributed by atoms with van der Waals surface area (Å²) in [4.78, 5) is 11.7. The van der Waals surface area contributed by atoms with Crippen molar-refractivity contribution in [2.45, 2.75) is 26.2 Å². The van der Waals surface area contributed by atoms with Gasteiger partial charge in [-0.15, -0.1) is 11.6 Å². The lowest BCUT2D eigenvalue weighted by molar-refractivity contribution is -0.120. The lowest BCUT2D eigenvalue weighted by Gasteiger charge is -2.08. The molecule has 1 atom stereocenters. The standard InChI is InChI=1S/C14H19Cl2NO/c1-11(10-15)5-4-8-17-14(18)9-12-6-2-3-7-13(12)16/h2-3,6-7,11H,4-5,8-10H2,1H3,(H,17,18). The van der Waals surface area contributed by atoms with Gasteiger partial charge >= 0.3 is 0 Å². The van der Waals surface area contributed by atoms with Crippen molar-refractivity contribution in [1.82, 2.24) is 5.32 Å². The Labute approximate surface area is 119 Å². The van der Waals surface area contributed by atoms with Crippen molar-refractivity contribution in [3.63, 3.8) is 0 Å². The molecule has 0 aliphatic carbocycles. The second-order valence-corrected chi connectivity index (χ2v) is 5.24. The van der Waals surface area contributed by atoms with E-state index in [1.807, 2.05) is 18.2 Å². The molecular weight excluding hydrogens is 269 g/mol. The maximum atomic E-state index is 11.7. The molecule has 0 heterocycles. The van der Waals surface area contributed by atoms with E-state index in [0.29, 0.717) is 29.8 Å². The summed E-state index contributed by atoms with van der Waals surface area (Å²) >= 11 is 11.7. The minimum atomic E-state index is 0.0154. The van der Waals surface area contributed by atoms with Crippen molar-refractivity contribution in [3.8, 4) is 0 Å². The van der Waals surface area contributed by atoms with Crippen molar-refractivity contribution in [2.24, 2.45) is 5.92 Å². The van der Waals surface area contributed by atoms with E-state index < -0.39 is 0 Å². The number of amides is 1.